The van der Waals surface area contributed by atoms with Crippen LogP contribution >= 0.6 is 0 Å². The fraction of sp³-hybridized carbons (Fsp3) is 0.726. The van der Waals surface area contributed by atoms with Gasteiger partial charge in [0.25, 0.3) is 0 Å². The quantitative estimate of drug-likeness (QED) is 0.0262. The number of esters is 3. The number of rotatable bonds is 51. The molecule has 0 fully saturated rings. The van der Waals surface area contributed by atoms with E-state index in [2.05, 4.69) is 106 Å². The largest absolute Gasteiger partial charge is 0.462 e. The van der Waals surface area contributed by atoms with Crippen molar-refractivity contribution in [3.8, 4) is 0 Å². The Morgan fingerprint density at radius 1 is 0.309 bits per heavy atom. The number of unbranched alkanes of at least 4 members (excludes halogenated alkanes) is 26. The second kappa shape index (κ2) is 56.2. The monoisotopic (exact) mass is 947 g/mol. The predicted molar refractivity (Wildman–Crippen MR) is 293 cm³/mol. The molecular weight excluding hydrogens is 841 g/mol. The van der Waals surface area contributed by atoms with Gasteiger partial charge in [0, 0.05) is 19.3 Å². The van der Waals surface area contributed by atoms with E-state index in [-0.39, 0.29) is 31.1 Å². The van der Waals surface area contributed by atoms with Gasteiger partial charge in [-0.05, 0) is 96.3 Å². The Morgan fingerprint density at radius 2 is 0.574 bits per heavy atom. The van der Waals surface area contributed by atoms with Gasteiger partial charge in [0.15, 0.2) is 6.10 Å². The summed E-state index contributed by atoms with van der Waals surface area (Å²) in [6, 6.07) is 0. The summed E-state index contributed by atoms with van der Waals surface area (Å²) < 4.78 is 16.8. The fourth-order valence-electron chi connectivity index (χ4n) is 7.85. The molecule has 0 spiro atoms. The first-order chi connectivity index (χ1) is 33.5. The van der Waals surface area contributed by atoms with E-state index in [1.165, 1.54) is 135 Å². The van der Waals surface area contributed by atoms with Gasteiger partial charge in [-0.1, -0.05) is 241 Å². The van der Waals surface area contributed by atoms with E-state index in [1.54, 1.807) is 0 Å². The van der Waals surface area contributed by atoms with Crippen LogP contribution in [-0.4, -0.2) is 37.2 Å². The molecule has 0 aromatic rings. The lowest BCUT2D eigenvalue weighted by Gasteiger charge is -2.18. The third-order valence-corrected chi connectivity index (χ3v) is 12.1. The highest BCUT2D eigenvalue weighted by molar-refractivity contribution is 5.71. The number of carbonyl (C=O) groups is 3. The zero-order chi connectivity index (χ0) is 49.3. The highest BCUT2D eigenvalue weighted by atomic mass is 16.6. The van der Waals surface area contributed by atoms with E-state index >= 15 is 0 Å². The zero-order valence-corrected chi connectivity index (χ0v) is 44.6. The normalized spacial score (nSPS) is 12.7. The van der Waals surface area contributed by atoms with Gasteiger partial charge in [-0.2, -0.15) is 0 Å². The van der Waals surface area contributed by atoms with Crippen molar-refractivity contribution in [1.29, 1.82) is 0 Å². The molecule has 0 bridgehead atoms. The zero-order valence-electron chi connectivity index (χ0n) is 44.6. The maximum absolute atomic E-state index is 12.8. The van der Waals surface area contributed by atoms with E-state index in [9.17, 15) is 14.4 Å². The van der Waals surface area contributed by atoms with Gasteiger partial charge < -0.3 is 14.2 Å². The Labute approximate surface area is 420 Å². The SMILES string of the molecule is CC/C=C\C/C=C\C/C=C\C/C=C\C/C=C\C/C=C\CCCCC(=O)OCC(COC(=O)CCCCCCCCCC)OC(=O)CCCCCCCCCCC/C=C\CCCCCCCCCC. The summed E-state index contributed by atoms with van der Waals surface area (Å²) in [5, 5.41) is 0. The van der Waals surface area contributed by atoms with Gasteiger partial charge in [0.2, 0.25) is 0 Å². The Balaban J connectivity index is 4.32. The van der Waals surface area contributed by atoms with E-state index < -0.39 is 6.10 Å². The van der Waals surface area contributed by atoms with Crippen molar-refractivity contribution in [3.63, 3.8) is 0 Å². The van der Waals surface area contributed by atoms with Crippen molar-refractivity contribution in [2.45, 2.75) is 277 Å². The summed E-state index contributed by atoms with van der Waals surface area (Å²) in [4.78, 5) is 38.0. The molecule has 0 saturated carbocycles. The molecule has 0 rings (SSSR count). The topological polar surface area (TPSA) is 78.9 Å². The van der Waals surface area contributed by atoms with Crippen LogP contribution in [0.2, 0.25) is 0 Å². The Bertz CT molecular complexity index is 1320. The van der Waals surface area contributed by atoms with Crippen LogP contribution in [-0.2, 0) is 28.6 Å². The minimum atomic E-state index is -0.793. The summed E-state index contributed by atoms with van der Waals surface area (Å²) in [5.41, 5.74) is 0. The van der Waals surface area contributed by atoms with E-state index in [4.69, 9.17) is 14.2 Å². The van der Waals surface area contributed by atoms with Crippen LogP contribution < -0.4 is 0 Å². The average molecular weight is 948 g/mol. The molecule has 6 nitrogen and oxygen atoms in total. The number of ether oxygens (including phenoxy) is 3. The van der Waals surface area contributed by atoms with Gasteiger partial charge in [-0.25, -0.2) is 0 Å². The average Bonchev–Trinajstić information content (AvgIpc) is 3.34. The smallest absolute Gasteiger partial charge is 0.306 e. The van der Waals surface area contributed by atoms with Crippen LogP contribution in [0.5, 0.6) is 0 Å². The molecule has 1 atom stereocenters. The minimum absolute atomic E-state index is 0.0901. The van der Waals surface area contributed by atoms with Crippen molar-refractivity contribution >= 4 is 17.9 Å². The standard InChI is InChI=1S/C62H106O6/c1-4-7-10-13-16-19-21-23-25-27-29-31-33-35-37-39-41-43-46-49-52-55-61(64)67-58-59(57-66-60(63)54-51-48-45-18-15-12-9-6-3)68-62(65)56-53-50-47-44-42-40-38-36-34-32-30-28-26-24-22-20-17-14-11-8-5-2/h7,10,16,19,23,25,28-31,35,37,41,43,59H,4-6,8-9,11-15,17-18,20-22,24,26-27,32-34,36,38-40,42,44-58H2,1-3H3/b10-7-,19-16-,25-23-,30-28-,31-29-,37-35-,43-41-. The maximum atomic E-state index is 12.8. The van der Waals surface area contributed by atoms with Crippen LogP contribution in [0, 0.1) is 0 Å². The van der Waals surface area contributed by atoms with Crippen molar-refractivity contribution in [3.05, 3.63) is 85.1 Å². The Morgan fingerprint density at radius 3 is 0.941 bits per heavy atom. The van der Waals surface area contributed by atoms with Gasteiger partial charge in [0.05, 0.1) is 0 Å². The molecule has 6 heteroatoms. The third kappa shape index (κ3) is 53.5. The number of allylic oxidation sites excluding steroid dienone is 14. The van der Waals surface area contributed by atoms with Crippen molar-refractivity contribution in [2.75, 3.05) is 13.2 Å². The van der Waals surface area contributed by atoms with Crippen molar-refractivity contribution in [1.82, 2.24) is 0 Å². The van der Waals surface area contributed by atoms with E-state index in [0.717, 1.165) is 96.3 Å². The molecular formula is C62H106O6. The predicted octanol–water partition coefficient (Wildman–Crippen LogP) is 19.2. The van der Waals surface area contributed by atoms with E-state index in [0.29, 0.717) is 19.3 Å². The lowest BCUT2D eigenvalue weighted by atomic mass is 10.1. The van der Waals surface area contributed by atoms with Gasteiger partial charge >= 0.3 is 17.9 Å². The molecule has 0 heterocycles. The lowest BCUT2D eigenvalue weighted by Crippen LogP contribution is -2.30. The first-order valence-corrected chi connectivity index (χ1v) is 28.6. The molecule has 0 aliphatic rings. The Hall–Kier alpha value is -3.41. The highest BCUT2D eigenvalue weighted by Gasteiger charge is 2.19. The highest BCUT2D eigenvalue weighted by Crippen LogP contribution is 2.15. The Kier molecular flexibility index (Phi) is 53.4. The third-order valence-electron chi connectivity index (χ3n) is 12.1. The first kappa shape index (κ1) is 64.6. The van der Waals surface area contributed by atoms with E-state index in [1.807, 2.05) is 0 Å². The van der Waals surface area contributed by atoms with Crippen LogP contribution in [0.4, 0.5) is 0 Å². The molecule has 0 amide bonds. The summed E-state index contributed by atoms with van der Waals surface area (Å²) in [6.07, 6.45) is 73.0. The van der Waals surface area contributed by atoms with Gasteiger partial charge in [-0.3, -0.25) is 14.4 Å². The van der Waals surface area contributed by atoms with Crippen LogP contribution in [0.3, 0.4) is 0 Å². The van der Waals surface area contributed by atoms with Gasteiger partial charge in [0.1, 0.15) is 13.2 Å². The molecule has 0 radical (unpaired) electrons. The summed E-state index contributed by atoms with van der Waals surface area (Å²) in [7, 11) is 0. The fourth-order valence-corrected chi connectivity index (χ4v) is 7.85. The maximum Gasteiger partial charge on any atom is 0.306 e. The summed E-state index contributed by atoms with van der Waals surface area (Å²) in [5.74, 6) is -0.937. The van der Waals surface area contributed by atoms with Crippen LogP contribution in [0.1, 0.15) is 271 Å². The molecule has 0 aromatic heterocycles. The molecule has 1 unspecified atom stereocenters. The minimum Gasteiger partial charge on any atom is -0.462 e. The number of hydrogen-bond acceptors (Lipinski definition) is 6. The van der Waals surface area contributed by atoms with Crippen molar-refractivity contribution < 1.29 is 28.6 Å². The molecule has 0 aliphatic carbocycles. The second-order valence-corrected chi connectivity index (χ2v) is 18.8. The lowest BCUT2D eigenvalue weighted by molar-refractivity contribution is -0.167. The number of carbonyl (C=O) groups excluding carboxylic acids is 3. The number of hydrogen-bond donors (Lipinski definition) is 0. The molecule has 0 aromatic carbocycles. The molecule has 68 heavy (non-hydrogen) atoms. The molecule has 0 N–H and O–H groups in total. The summed E-state index contributed by atoms with van der Waals surface area (Å²) >= 11 is 0. The van der Waals surface area contributed by atoms with Crippen LogP contribution in [0.15, 0.2) is 85.1 Å². The molecule has 0 aliphatic heterocycles. The second-order valence-electron chi connectivity index (χ2n) is 18.8. The van der Waals surface area contributed by atoms with Crippen LogP contribution in [0.25, 0.3) is 0 Å². The molecule has 0 saturated heterocycles. The van der Waals surface area contributed by atoms with Gasteiger partial charge in [-0.15, -0.1) is 0 Å². The van der Waals surface area contributed by atoms with Crippen molar-refractivity contribution in [2.24, 2.45) is 0 Å². The first-order valence-electron chi connectivity index (χ1n) is 28.6. The molecule has 390 valence electrons. The summed E-state index contributed by atoms with van der Waals surface area (Å²) in [6.45, 7) is 6.47.